The molecule has 0 saturated carbocycles. The van der Waals surface area contributed by atoms with E-state index in [1.807, 2.05) is 6.07 Å². The van der Waals surface area contributed by atoms with Crippen molar-refractivity contribution in [2.24, 2.45) is 0 Å². The van der Waals surface area contributed by atoms with Crippen LogP contribution in [0.2, 0.25) is 0 Å². The largest absolute Gasteiger partial charge is 0.228 e. The van der Waals surface area contributed by atoms with Crippen molar-refractivity contribution in [3.05, 3.63) is 35.9 Å². The summed E-state index contributed by atoms with van der Waals surface area (Å²) in [5.74, 6) is -0.0431. The number of hydrogen-bond donors (Lipinski definition) is 0. The van der Waals surface area contributed by atoms with Gasteiger partial charge in [-0.15, -0.1) is 0 Å². The first-order chi connectivity index (χ1) is 9.87. The topological polar surface area (TPSA) is 71.5 Å². The van der Waals surface area contributed by atoms with Crippen molar-refractivity contribution in [1.82, 2.24) is 4.31 Å². The molecular weight excluding hydrogens is 310 g/mol. The first-order valence-corrected chi connectivity index (χ1v) is 10.4. The lowest BCUT2D eigenvalue weighted by atomic mass is 10.1. The molecule has 1 aliphatic rings. The molecule has 1 unspecified atom stereocenters. The average Bonchev–Trinajstić information content (AvgIpc) is 2.58. The first-order valence-electron chi connectivity index (χ1n) is 7.11. The Kier molecular flexibility index (Phi) is 5.06. The van der Waals surface area contributed by atoms with E-state index in [2.05, 4.69) is 0 Å². The Morgan fingerprint density at radius 3 is 2.48 bits per heavy atom. The van der Waals surface area contributed by atoms with E-state index >= 15 is 0 Å². The summed E-state index contributed by atoms with van der Waals surface area (Å²) in [5, 5.41) is -0.611. The van der Waals surface area contributed by atoms with Gasteiger partial charge in [0.2, 0.25) is 10.0 Å². The second kappa shape index (κ2) is 6.46. The zero-order valence-corrected chi connectivity index (χ0v) is 13.7. The van der Waals surface area contributed by atoms with Crippen LogP contribution in [-0.4, -0.2) is 45.7 Å². The highest BCUT2D eigenvalue weighted by atomic mass is 32.2. The summed E-state index contributed by atoms with van der Waals surface area (Å²) < 4.78 is 50.4. The molecule has 0 aromatic heterocycles. The van der Waals surface area contributed by atoms with E-state index in [9.17, 15) is 16.8 Å². The lowest BCUT2D eigenvalue weighted by Gasteiger charge is -2.19. The molecule has 1 aromatic rings. The van der Waals surface area contributed by atoms with Crippen molar-refractivity contribution in [2.75, 3.05) is 24.6 Å². The second-order valence-electron chi connectivity index (χ2n) is 5.27. The van der Waals surface area contributed by atoms with Crippen molar-refractivity contribution in [2.45, 2.75) is 25.0 Å². The van der Waals surface area contributed by atoms with Crippen molar-refractivity contribution in [1.29, 1.82) is 0 Å². The third-order valence-corrected chi connectivity index (χ3v) is 7.93. The predicted octanol–water partition coefficient (Wildman–Crippen LogP) is 1.59. The average molecular weight is 331 g/mol. The van der Waals surface area contributed by atoms with Crippen molar-refractivity contribution >= 4 is 19.9 Å². The fourth-order valence-corrected chi connectivity index (χ4v) is 6.07. The van der Waals surface area contributed by atoms with Crippen LogP contribution in [0.1, 0.15) is 30.6 Å². The molecule has 5 nitrogen and oxygen atoms in total. The van der Waals surface area contributed by atoms with E-state index in [1.54, 1.807) is 31.2 Å². The summed E-state index contributed by atoms with van der Waals surface area (Å²) in [6.07, 6.45) is 0.850. The Labute approximate surface area is 126 Å². The zero-order chi connectivity index (χ0) is 15.5. The minimum absolute atomic E-state index is 0.0635. The monoisotopic (exact) mass is 331 g/mol. The normalized spacial score (nSPS) is 23.6. The summed E-state index contributed by atoms with van der Waals surface area (Å²) >= 11 is 0. The van der Waals surface area contributed by atoms with Gasteiger partial charge in [-0.1, -0.05) is 37.3 Å². The lowest BCUT2D eigenvalue weighted by molar-refractivity contribution is 0.427. The van der Waals surface area contributed by atoms with Gasteiger partial charge >= 0.3 is 0 Å². The minimum atomic E-state index is -3.34. The van der Waals surface area contributed by atoms with E-state index in [0.717, 1.165) is 5.56 Å². The van der Waals surface area contributed by atoms with Gasteiger partial charge in [-0.05, 0) is 18.4 Å². The van der Waals surface area contributed by atoms with Gasteiger partial charge in [-0.3, -0.25) is 0 Å². The van der Waals surface area contributed by atoms with E-state index < -0.39 is 25.1 Å². The van der Waals surface area contributed by atoms with Crippen LogP contribution >= 0.6 is 0 Å². The van der Waals surface area contributed by atoms with Crippen molar-refractivity contribution in [3.8, 4) is 0 Å². The standard InChI is InChI=1S/C14H21NO4S2/c1-2-11-21(18,19)15-9-8-14(20(16,17)12-10-15)13-6-4-3-5-7-13/h3-7,14H,2,8-12H2,1H3. The van der Waals surface area contributed by atoms with Gasteiger partial charge < -0.3 is 0 Å². The van der Waals surface area contributed by atoms with E-state index in [0.29, 0.717) is 12.8 Å². The predicted molar refractivity (Wildman–Crippen MR) is 83.2 cm³/mol. The van der Waals surface area contributed by atoms with Gasteiger partial charge in [-0.2, -0.15) is 0 Å². The molecule has 2 rings (SSSR count). The van der Waals surface area contributed by atoms with Crippen LogP contribution in [0.3, 0.4) is 0 Å². The van der Waals surface area contributed by atoms with Crippen LogP contribution in [0.4, 0.5) is 0 Å². The van der Waals surface area contributed by atoms with Gasteiger partial charge in [0.1, 0.15) is 0 Å². The van der Waals surface area contributed by atoms with Gasteiger partial charge in [-0.25, -0.2) is 21.1 Å². The molecule has 0 spiro atoms. The van der Waals surface area contributed by atoms with Gasteiger partial charge in [0, 0.05) is 13.1 Å². The Bertz CT molecular complexity index is 668. The van der Waals surface area contributed by atoms with E-state index in [4.69, 9.17) is 0 Å². The Balaban J connectivity index is 2.25. The molecular formula is C14H21NO4S2. The molecule has 0 radical (unpaired) electrons. The SMILES string of the molecule is CCCS(=O)(=O)N1CCC(c2ccccc2)S(=O)(=O)CC1. The first kappa shape index (κ1) is 16.5. The highest BCUT2D eigenvalue weighted by Crippen LogP contribution is 2.30. The fourth-order valence-electron chi connectivity index (χ4n) is 2.63. The van der Waals surface area contributed by atoms with Gasteiger partial charge in [0.25, 0.3) is 0 Å². The summed E-state index contributed by atoms with van der Waals surface area (Å²) in [5.41, 5.74) is 0.743. The molecule has 0 bridgehead atoms. The summed E-state index contributed by atoms with van der Waals surface area (Å²) in [7, 11) is -6.67. The Morgan fingerprint density at radius 1 is 1.19 bits per heavy atom. The molecule has 118 valence electrons. The molecule has 7 heteroatoms. The van der Waals surface area contributed by atoms with Crippen molar-refractivity contribution < 1.29 is 16.8 Å². The molecule has 1 fully saturated rings. The lowest BCUT2D eigenvalue weighted by Crippen LogP contribution is -2.35. The molecule has 1 saturated heterocycles. The number of hydrogen-bond acceptors (Lipinski definition) is 4. The maximum atomic E-state index is 12.4. The zero-order valence-electron chi connectivity index (χ0n) is 12.1. The highest BCUT2D eigenvalue weighted by molar-refractivity contribution is 7.92. The van der Waals surface area contributed by atoms with Gasteiger partial charge in [0.05, 0.1) is 16.8 Å². The maximum absolute atomic E-state index is 12.4. The molecule has 0 N–H and O–H groups in total. The number of benzene rings is 1. The summed E-state index contributed by atoms with van der Waals surface area (Å²) in [4.78, 5) is 0. The molecule has 1 atom stereocenters. The minimum Gasteiger partial charge on any atom is -0.228 e. The summed E-state index contributed by atoms with van der Waals surface area (Å²) in [6.45, 7) is 2.13. The third-order valence-electron chi connectivity index (χ3n) is 3.73. The third kappa shape index (κ3) is 3.84. The molecule has 0 aliphatic carbocycles. The van der Waals surface area contributed by atoms with E-state index in [-0.39, 0.29) is 24.6 Å². The van der Waals surface area contributed by atoms with Crippen LogP contribution in [0.5, 0.6) is 0 Å². The fraction of sp³-hybridized carbons (Fsp3) is 0.571. The smallest absolute Gasteiger partial charge is 0.214 e. The number of rotatable bonds is 4. The second-order valence-corrected chi connectivity index (χ2v) is 9.66. The van der Waals surface area contributed by atoms with Crippen LogP contribution < -0.4 is 0 Å². The Hall–Kier alpha value is -0.920. The molecule has 1 aliphatic heterocycles. The Morgan fingerprint density at radius 2 is 1.86 bits per heavy atom. The number of sulfone groups is 1. The molecule has 1 aromatic carbocycles. The van der Waals surface area contributed by atoms with Crippen LogP contribution in [-0.2, 0) is 19.9 Å². The maximum Gasteiger partial charge on any atom is 0.214 e. The molecule has 0 amide bonds. The molecule has 1 heterocycles. The van der Waals surface area contributed by atoms with E-state index in [1.165, 1.54) is 4.31 Å². The quantitative estimate of drug-likeness (QED) is 0.840. The van der Waals surface area contributed by atoms with Crippen LogP contribution in [0.15, 0.2) is 30.3 Å². The van der Waals surface area contributed by atoms with Crippen LogP contribution in [0, 0.1) is 0 Å². The van der Waals surface area contributed by atoms with Crippen LogP contribution in [0.25, 0.3) is 0 Å². The summed E-state index contributed by atoms with van der Waals surface area (Å²) in [6, 6.07) is 9.03. The number of nitrogens with zero attached hydrogens (tertiary/aromatic N) is 1. The number of sulfonamides is 1. The molecule has 21 heavy (non-hydrogen) atoms. The van der Waals surface area contributed by atoms with Gasteiger partial charge in [0.15, 0.2) is 9.84 Å². The highest BCUT2D eigenvalue weighted by Gasteiger charge is 2.34. The van der Waals surface area contributed by atoms with Crippen molar-refractivity contribution in [3.63, 3.8) is 0 Å².